The fraction of sp³-hybridized carbons (Fsp3) is 0.111. The van der Waals surface area contributed by atoms with Crippen LogP contribution in [-0.2, 0) is 6.42 Å². The largest absolute Gasteiger partial charge is 0.497 e. The van der Waals surface area contributed by atoms with Crippen molar-refractivity contribution in [2.45, 2.75) is 16.3 Å². The highest BCUT2D eigenvalue weighted by atomic mass is 32.2. The molecular formula is C18H17N3OS. The zero-order valence-electron chi connectivity index (χ0n) is 12.8. The number of methoxy groups -OCH3 is 1. The van der Waals surface area contributed by atoms with Gasteiger partial charge >= 0.3 is 0 Å². The molecule has 1 heterocycles. The highest BCUT2D eigenvalue weighted by Crippen LogP contribution is 2.28. The number of anilines is 1. The molecule has 3 rings (SSSR count). The van der Waals surface area contributed by atoms with Crippen LogP contribution in [0.2, 0.25) is 0 Å². The van der Waals surface area contributed by atoms with E-state index in [1.807, 2.05) is 54.6 Å². The third-order valence-electron chi connectivity index (χ3n) is 3.26. The van der Waals surface area contributed by atoms with Crippen LogP contribution in [0, 0.1) is 0 Å². The second-order valence-corrected chi connectivity index (χ2v) is 6.11. The van der Waals surface area contributed by atoms with Crippen LogP contribution in [0.15, 0.2) is 70.7 Å². The van der Waals surface area contributed by atoms with Crippen molar-refractivity contribution in [1.29, 1.82) is 0 Å². The molecule has 0 fully saturated rings. The Bertz CT molecular complexity index is 808. The van der Waals surface area contributed by atoms with Crippen LogP contribution in [-0.4, -0.2) is 17.1 Å². The van der Waals surface area contributed by atoms with E-state index in [1.165, 1.54) is 0 Å². The second-order valence-electron chi connectivity index (χ2n) is 5.01. The first-order valence-electron chi connectivity index (χ1n) is 7.21. The molecule has 0 bridgehead atoms. The Balaban J connectivity index is 1.76. The number of benzene rings is 2. The summed E-state index contributed by atoms with van der Waals surface area (Å²) in [5.41, 5.74) is 7.67. The predicted octanol–water partition coefficient (Wildman–Crippen LogP) is 3.81. The van der Waals surface area contributed by atoms with Gasteiger partial charge in [-0.05, 0) is 42.0 Å². The molecule has 0 unspecified atom stereocenters. The highest BCUT2D eigenvalue weighted by molar-refractivity contribution is 7.99. The molecule has 0 spiro atoms. The maximum atomic E-state index is 5.81. The third-order valence-corrected chi connectivity index (χ3v) is 4.18. The van der Waals surface area contributed by atoms with Crippen LogP contribution in [0.5, 0.6) is 5.75 Å². The summed E-state index contributed by atoms with van der Waals surface area (Å²) in [5.74, 6) is 1.62. The number of nitrogens with two attached hydrogens (primary N) is 1. The Labute approximate surface area is 139 Å². The first kappa shape index (κ1) is 15.4. The van der Waals surface area contributed by atoms with Gasteiger partial charge in [0, 0.05) is 23.2 Å². The molecule has 0 aliphatic heterocycles. The van der Waals surface area contributed by atoms with Gasteiger partial charge in [-0.3, -0.25) is 0 Å². The summed E-state index contributed by atoms with van der Waals surface area (Å²) in [5, 5.41) is 0.909. The molecule has 3 aromatic rings. The van der Waals surface area contributed by atoms with Gasteiger partial charge in [0.1, 0.15) is 16.6 Å². The normalized spacial score (nSPS) is 10.5. The van der Waals surface area contributed by atoms with Crippen molar-refractivity contribution in [1.82, 2.24) is 9.97 Å². The summed E-state index contributed by atoms with van der Waals surface area (Å²) in [6.45, 7) is 0. The molecule has 1 aromatic heterocycles. The Morgan fingerprint density at radius 1 is 1.09 bits per heavy atom. The summed E-state index contributed by atoms with van der Waals surface area (Å²) in [4.78, 5) is 10.0. The average molecular weight is 323 g/mol. The summed E-state index contributed by atoms with van der Waals surface area (Å²) in [6.07, 6.45) is 2.45. The second kappa shape index (κ2) is 7.15. The van der Waals surface area contributed by atoms with Crippen molar-refractivity contribution in [3.8, 4) is 5.75 Å². The fourth-order valence-corrected chi connectivity index (χ4v) is 3.04. The number of aromatic nitrogens is 2. The molecule has 23 heavy (non-hydrogen) atoms. The maximum absolute atomic E-state index is 5.81. The lowest BCUT2D eigenvalue weighted by Crippen LogP contribution is -1.98. The van der Waals surface area contributed by atoms with Gasteiger partial charge in [-0.15, -0.1) is 0 Å². The van der Waals surface area contributed by atoms with Gasteiger partial charge in [-0.1, -0.05) is 30.0 Å². The monoisotopic (exact) mass is 323 g/mol. The molecule has 0 aliphatic carbocycles. The minimum absolute atomic E-state index is 0.664. The van der Waals surface area contributed by atoms with Crippen molar-refractivity contribution in [3.63, 3.8) is 0 Å². The molecule has 0 atom stereocenters. The van der Waals surface area contributed by atoms with E-state index in [2.05, 4.69) is 9.97 Å². The van der Waals surface area contributed by atoms with Crippen LogP contribution >= 0.6 is 11.8 Å². The van der Waals surface area contributed by atoms with Crippen LogP contribution in [0.25, 0.3) is 0 Å². The molecule has 116 valence electrons. The molecule has 0 aliphatic rings. The standard InChI is InChI=1S/C18H17N3OS/c1-22-15-6-3-7-16(12-15)23-18-8-9-20-17(21-18)11-13-4-2-5-14(19)10-13/h2-10,12H,11,19H2,1H3. The van der Waals surface area contributed by atoms with Gasteiger partial charge in [-0.25, -0.2) is 9.97 Å². The number of ether oxygens (including phenoxy) is 1. The van der Waals surface area contributed by atoms with E-state index in [0.29, 0.717) is 6.42 Å². The molecule has 0 saturated heterocycles. The van der Waals surface area contributed by atoms with Gasteiger partial charge in [0.25, 0.3) is 0 Å². The number of hydrogen-bond donors (Lipinski definition) is 1. The topological polar surface area (TPSA) is 61.0 Å². The van der Waals surface area contributed by atoms with Crippen LogP contribution < -0.4 is 10.5 Å². The Kier molecular flexibility index (Phi) is 4.78. The lowest BCUT2D eigenvalue weighted by atomic mass is 10.1. The van der Waals surface area contributed by atoms with Crippen molar-refractivity contribution in [3.05, 3.63) is 72.2 Å². The number of nitrogens with zero attached hydrogens (tertiary/aromatic N) is 2. The lowest BCUT2D eigenvalue weighted by molar-refractivity contribution is 0.413. The number of rotatable bonds is 5. The minimum Gasteiger partial charge on any atom is -0.497 e. The first-order chi connectivity index (χ1) is 11.2. The van der Waals surface area contributed by atoms with Gasteiger partial charge < -0.3 is 10.5 Å². The Hall–Kier alpha value is -2.53. The molecule has 4 nitrogen and oxygen atoms in total. The van der Waals surface area contributed by atoms with E-state index >= 15 is 0 Å². The van der Waals surface area contributed by atoms with E-state index in [0.717, 1.165) is 32.7 Å². The smallest absolute Gasteiger partial charge is 0.133 e. The van der Waals surface area contributed by atoms with Crippen molar-refractivity contribution in [2.24, 2.45) is 0 Å². The van der Waals surface area contributed by atoms with Gasteiger partial charge in [0.15, 0.2) is 0 Å². The van der Waals surface area contributed by atoms with E-state index in [1.54, 1.807) is 25.1 Å². The fourth-order valence-electron chi connectivity index (χ4n) is 2.19. The Morgan fingerprint density at radius 3 is 2.78 bits per heavy atom. The lowest BCUT2D eigenvalue weighted by Gasteiger charge is -2.06. The molecule has 0 amide bonds. The van der Waals surface area contributed by atoms with E-state index in [-0.39, 0.29) is 0 Å². The quantitative estimate of drug-likeness (QED) is 0.571. The average Bonchev–Trinajstić information content (AvgIpc) is 2.55. The molecule has 5 heteroatoms. The van der Waals surface area contributed by atoms with Gasteiger partial charge in [0.2, 0.25) is 0 Å². The van der Waals surface area contributed by atoms with Crippen LogP contribution in [0.4, 0.5) is 5.69 Å². The molecule has 2 aromatic carbocycles. The van der Waals surface area contributed by atoms with Crippen molar-refractivity contribution < 1.29 is 4.74 Å². The molecule has 0 saturated carbocycles. The predicted molar refractivity (Wildman–Crippen MR) is 92.8 cm³/mol. The van der Waals surface area contributed by atoms with E-state index in [9.17, 15) is 0 Å². The first-order valence-corrected chi connectivity index (χ1v) is 8.03. The van der Waals surface area contributed by atoms with Gasteiger partial charge in [-0.2, -0.15) is 0 Å². The summed E-state index contributed by atoms with van der Waals surface area (Å²) < 4.78 is 5.25. The summed E-state index contributed by atoms with van der Waals surface area (Å²) in [7, 11) is 1.66. The molecule has 2 N–H and O–H groups in total. The van der Waals surface area contributed by atoms with Gasteiger partial charge in [0.05, 0.1) is 7.11 Å². The summed E-state index contributed by atoms with van der Waals surface area (Å²) >= 11 is 1.59. The van der Waals surface area contributed by atoms with Crippen LogP contribution in [0.3, 0.4) is 0 Å². The van der Waals surface area contributed by atoms with Crippen molar-refractivity contribution >= 4 is 17.4 Å². The Morgan fingerprint density at radius 2 is 1.96 bits per heavy atom. The zero-order valence-corrected chi connectivity index (χ0v) is 13.6. The van der Waals surface area contributed by atoms with E-state index < -0.39 is 0 Å². The van der Waals surface area contributed by atoms with Crippen molar-refractivity contribution in [2.75, 3.05) is 12.8 Å². The molecular weight excluding hydrogens is 306 g/mol. The highest BCUT2D eigenvalue weighted by Gasteiger charge is 2.04. The zero-order chi connectivity index (χ0) is 16.1. The SMILES string of the molecule is COc1cccc(Sc2ccnc(Cc3cccc(N)c3)n2)c1. The molecule has 0 radical (unpaired) electrons. The third kappa shape index (κ3) is 4.23. The maximum Gasteiger partial charge on any atom is 0.133 e. The van der Waals surface area contributed by atoms with Crippen LogP contribution in [0.1, 0.15) is 11.4 Å². The summed E-state index contributed by atoms with van der Waals surface area (Å²) in [6, 6.07) is 17.6. The number of hydrogen-bond acceptors (Lipinski definition) is 5. The van der Waals surface area contributed by atoms with E-state index in [4.69, 9.17) is 10.5 Å². The number of nitrogen functional groups attached to an aromatic ring is 1. The minimum atomic E-state index is 0.664.